The van der Waals surface area contributed by atoms with Crippen LogP contribution in [0.5, 0.6) is 0 Å². The fourth-order valence-electron chi connectivity index (χ4n) is 8.64. The van der Waals surface area contributed by atoms with Crippen LogP contribution in [-0.4, -0.2) is 207 Å². The first kappa shape index (κ1) is 46.1. The number of aliphatic hydroxyl groups excluding tert-OH is 3. The Balaban J connectivity index is 1.15. The van der Waals surface area contributed by atoms with E-state index < -0.39 is 127 Å². The molecule has 334 valence electrons. The number of amides is 8. The van der Waals surface area contributed by atoms with Gasteiger partial charge in [-0.3, -0.25) is 43.2 Å². The number of nitrogens with zero attached hydrogens (tertiary/aromatic N) is 4. The normalized spacial score (nSPS) is 28.1. The molecular weight excluding hydrogens is 792 g/mol. The van der Waals surface area contributed by atoms with Crippen LogP contribution in [-0.2, 0) is 43.2 Å². The van der Waals surface area contributed by atoms with Crippen LogP contribution in [0.2, 0.25) is 0 Å². The van der Waals surface area contributed by atoms with Gasteiger partial charge in [0, 0.05) is 45.6 Å². The van der Waals surface area contributed by atoms with Gasteiger partial charge in [0.05, 0.1) is 37.4 Å². The van der Waals surface area contributed by atoms with E-state index in [9.17, 15) is 58.5 Å². The summed E-state index contributed by atoms with van der Waals surface area (Å²) in [5.41, 5.74) is 5.60. The van der Waals surface area contributed by atoms with E-state index in [1.165, 1.54) is 9.80 Å². The van der Waals surface area contributed by atoms with Gasteiger partial charge in [-0.2, -0.15) is 0 Å². The van der Waals surface area contributed by atoms with Gasteiger partial charge in [-0.05, 0) is 57.9 Å². The molecule has 23 nitrogen and oxygen atoms in total. The van der Waals surface area contributed by atoms with E-state index in [4.69, 9.17) is 10.8 Å². The number of carboxylic acid groups (broad SMARTS) is 1. The Morgan fingerprint density at radius 3 is 1.63 bits per heavy atom. The van der Waals surface area contributed by atoms with E-state index in [2.05, 4.69) is 26.6 Å². The first-order valence-electron chi connectivity index (χ1n) is 20.6. The second-order valence-corrected chi connectivity index (χ2v) is 16.0. The third kappa shape index (κ3) is 11.4. The zero-order chi connectivity index (χ0) is 43.7. The molecule has 9 atom stereocenters. The van der Waals surface area contributed by atoms with Gasteiger partial charge in [-0.1, -0.05) is 0 Å². The summed E-state index contributed by atoms with van der Waals surface area (Å²) in [5, 5.41) is 52.6. The molecule has 5 aliphatic heterocycles. The lowest BCUT2D eigenvalue weighted by Crippen LogP contribution is -2.56. The maximum atomic E-state index is 13.9. The van der Waals surface area contributed by atoms with Gasteiger partial charge in [0.2, 0.25) is 47.3 Å². The molecule has 0 unspecified atom stereocenters. The molecule has 5 heterocycles. The van der Waals surface area contributed by atoms with Crippen molar-refractivity contribution in [2.45, 2.75) is 119 Å². The average molecular weight is 851 g/mol. The summed E-state index contributed by atoms with van der Waals surface area (Å²) >= 11 is 0. The van der Waals surface area contributed by atoms with Crippen molar-refractivity contribution in [3.05, 3.63) is 0 Å². The summed E-state index contributed by atoms with van der Waals surface area (Å²) in [6.45, 7) is -1.20. The number of likely N-dealkylation sites (tertiary alicyclic amines) is 4. The molecule has 23 heteroatoms. The van der Waals surface area contributed by atoms with Gasteiger partial charge in [0.1, 0.15) is 36.8 Å². The summed E-state index contributed by atoms with van der Waals surface area (Å²) in [7, 11) is 0. The van der Waals surface area contributed by atoms with Crippen molar-refractivity contribution in [3.63, 3.8) is 0 Å². The molecule has 8 amide bonds. The molecule has 11 N–H and O–H groups in total. The summed E-state index contributed by atoms with van der Waals surface area (Å²) in [5.74, 6) is -6.22. The van der Waals surface area contributed by atoms with Crippen LogP contribution in [0.25, 0.3) is 0 Å². The van der Waals surface area contributed by atoms with Gasteiger partial charge >= 0.3 is 5.97 Å². The maximum Gasteiger partial charge on any atom is 0.322 e. The van der Waals surface area contributed by atoms with E-state index in [0.717, 1.165) is 9.80 Å². The number of β-amino-alcohol motifs (C(OH)–C–C–N with tert-alkyl or cyclic N) is 3. The highest BCUT2D eigenvalue weighted by Gasteiger charge is 2.47. The fraction of sp³-hybridized carbons (Fsp3) is 0.757. The van der Waals surface area contributed by atoms with E-state index >= 15 is 0 Å². The average Bonchev–Trinajstić information content (AvgIpc) is 4.07. The third-order valence-electron chi connectivity index (χ3n) is 11.7. The molecular formula is C37H58N10O13. The lowest BCUT2D eigenvalue weighted by atomic mass is 10.1. The van der Waals surface area contributed by atoms with Crippen LogP contribution >= 0.6 is 0 Å². The molecule has 0 aromatic carbocycles. The molecule has 5 saturated heterocycles. The zero-order valence-corrected chi connectivity index (χ0v) is 33.5. The summed E-state index contributed by atoms with van der Waals surface area (Å²) in [4.78, 5) is 122. The number of carbonyl (C=O) groups is 9. The Labute approximate surface area is 346 Å². The minimum absolute atomic E-state index is 0.106. The van der Waals surface area contributed by atoms with Crippen molar-refractivity contribution in [2.24, 2.45) is 5.73 Å². The monoisotopic (exact) mass is 850 g/mol. The van der Waals surface area contributed by atoms with Crippen LogP contribution < -0.4 is 32.3 Å². The summed E-state index contributed by atoms with van der Waals surface area (Å²) in [6, 6.07) is -5.94. The molecule has 5 aliphatic rings. The lowest BCUT2D eigenvalue weighted by Gasteiger charge is -2.32. The van der Waals surface area contributed by atoms with Crippen LogP contribution in [0.15, 0.2) is 0 Å². The topological polar surface area (TPSA) is 334 Å². The molecule has 0 aliphatic carbocycles. The number of rotatable bonds is 17. The largest absolute Gasteiger partial charge is 0.480 e. The highest BCUT2D eigenvalue weighted by Crippen LogP contribution is 2.27. The summed E-state index contributed by atoms with van der Waals surface area (Å²) in [6.07, 6.45) is -0.0925. The number of nitrogens with two attached hydrogens (primary N) is 1. The Bertz CT molecular complexity index is 1650. The number of aliphatic hydroxyl groups is 3. The minimum atomic E-state index is -1.25. The predicted octanol–water partition coefficient (Wildman–Crippen LogP) is -6.34. The van der Waals surface area contributed by atoms with E-state index in [1.807, 2.05) is 0 Å². The van der Waals surface area contributed by atoms with Crippen molar-refractivity contribution in [1.82, 2.24) is 46.2 Å². The van der Waals surface area contributed by atoms with Gasteiger partial charge in [0.25, 0.3) is 0 Å². The van der Waals surface area contributed by atoms with Gasteiger partial charge in [-0.15, -0.1) is 0 Å². The van der Waals surface area contributed by atoms with Crippen molar-refractivity contribution in [1.29, 1.82) is 0 Å². The second-order valence-electron chi connectivity index (χ2n) is 16.0. The number of hydrogen-bond donors (Lipinski definition) is 10. The minimum Gasteiger partial charge on any atom is -0.480 e. The van der Waals surface area contributed by atoms with Crippen molar-refractivity contribution in [2.75, 3.05) is 58.9 Å². The van der Waals surface area contributed by atoms with Crippen molar-refractivity contribution < 1.29 is 63.6 Å². The Morgan fingerprint density at radius 2 is 1.15 bits per heavy atom. The maximum absolute atomic E-state index is 13.9. The number of hydrogen-bond acceptors (Lipinski definition) is 14. The standard InChI is InChI=1S/C37H58N10O13/c38-8-2-1-5-23(43-33(56)24-11-20(48)14-39-24)32(55)40-15-29(51)46-18-21(49)12-27(46)36(59)44-9-3-6-25(44)34(57)41-16-30(52)47-19-22(50)13-28(47)37(60)45-10-4-7-26(45)35(58)42-17-31(53)54/h20-28,39,48-50H,1-19,38H2,(H,40,55)(H,41,57)(H,42,58)(H,43,56)(H,53,54)/t20-,21-,22-,23+,24+,25+,26+,27+,28+/m1/s1. The highest BCUT2D eigenvalue weighted by molar-refractivity contribution is 5.97. The quantitative estimate of drug-likeness (QED) is 0.0609. The molecule has 0 aromatic heterocycles. The first-order chi connectivity index (χ1) is 28.6. The lowest BCUT2D eigenvalue weighted by molar-refractivity contribution is -0.148. The SMILES string of the molecule is NCCCC[C@H](NC(=O)[C@@H]1C[C@@H](O)CN1)C(=O)NCC(=O)N1C[C@H](O)C[C@H]1C(=O)N1CCC[C@H]1C(=O)NCC(=O)N1C[C@H](O)C[C@H]1C(=O)N1CCC[C@H]1C(=O)NCC(=O)O. The number of aliphatic carboxylic acids is 1. The first-order valence-corrected chi connectivity index (χ1v) is 20.6. The molecule has 60 heavy (non-hydrogen) atoms. The molecule has 0 spiro atoms. The van der Waals surface area contributed by atoms with Gasteiger partial charge in [-0.25, -0.2) is 0 Å². The van der Waals surface area contributed by atoms with E-state index in [1.54, 1.807) is 0 Å². The number of nitrogens with one attached hydrogen (secondary N) is 5. The fourth-order valence-corrected chi connectivity index (χ4v) is 8.64. The molecule has 5 rings (SSSR count). The zero-order valence-electron chi connectivity index (χ0n) is 33.5. The van der Waals surface area contributed by atoms with Crippen LogP contribution in [0, 0.1) is 0 Å². The van der Waals surface area contributed by atoms with Crippen molar-refractivity contribution in [3.8, 4) is 0 Å². The molecule has 0 bridgehead atoms. The predicted molar refractivity (Wildman–Crippen MR) is 206 cm³/mol. The molecule has 0 saturated carbocycles. The van der Waals surface area contributed by atoms with E-state index in [0.29, 0.717) is 38.6 Å². The Kier molecular flexibility index (Phi) is 16.1. The smallest absolute Gasteiger partial charge is 0.322 e. The van der Waals surface area contributed by atoms with Gasteiger partial charge in [0.15, 0.2) is 0 Å². The Morgan fingerprint density at radius 1 is 0.633 bits per heavy atom. The van der Waals surface area contributed by atoms with Gasteiger partial charge < -0.3 is 72.3 Å². The van der Waals surface area contributed by atoms with Crippen LogP contribution in [0.4, 0.5) is 0 Å². The van der Waals surface area contributed by atoms with Crippen molar-refractivity contribution >= 4 is 53.2 Å². The molecule has 0 aromatic rings. The Hall–Kier alpha value is -4.97. The number of carbonyl (C=O) groups excluding carboxylic acids is 8. The number of unbranched alkanes of at least 4 members (excludes halogenated alkanes) is 1. The number of carboxylic acids is 1. The molecule has 5 fully saturated rings. The molecule has 0 radical (unpaired) electrons. The summed E-state index contributed by atoms with van der Waals surface area (Å²) < 4.78 is 0. The van der Waals surface area contributed by atoms with Crippen LogP contribution in [0.1, 0.15) is 64.2 Å². The third-order valence-corrected chi connectivity index (χ3v) is 11.7. The van der Waals surface area contributed by atoms with E-state index in [-0.39, 0.29) is 64.8 Å². The van der Waals surface area contributed by atoms with Crippen LogP contribution in [0.3, 0.4) is 0 Å². The second kappa shape index (κ2) is 21.0. The highest BCUT2D eigenvalue weighted by atomic mass is 16.4.